The van der Waals surface area contributed by atoms with Crippen molar-refractivity contribution in [1.29, 1.82) is 0 Å². The van der Waals surface area contributed by atoms with Crippen molar-refractivity contribution in [3.63, 3.8) is 0 Å². The summed E-state index contributed by atoms with van der Waals surface area (Å²) < 4.78 is 32.1. The van der Waals surface area contributed by atoms with E-state index in [0.717, 1.165) is 5.56 Å². The molecule has 0 aliphatic heterocycles. The van der Waals surface area contributed by atoms with Gasteiger partial charge in [0.1, 0.15) is 0 Å². The van der Waals surface area contributed by atoms with Gasteiger partial charge < -0.3 is 10.5 Å². The van der Waals surface area contributed by atoms with Crippen molar-refractivity contribution in [2.75, 3.05) is 19.8 Å². The summed E-state index contributed by atoms with van der Waals surface area (Å²) in [7, 11) is -3.53. The molecule has 3 atom stereocenters. The van der Waals surface area contributed by atoms with Crippen molar-refractivity contribution in [1.82, 2.24) is 0 Å². The lowest BCUT2D eigenvalue weighted by atomic mass is 10.00. The van der Waals surface area contributed by atoms with E-state index in [1.165, 1.54) is 0 Å². The second kappa shape index (κ2) is 7.08. The number of ether oxygens (including phenoxy) is 1. The summed E-state index contributed by atoms with van der Waals surface area (Å²) >= 11 is 6.12. The van der Waals surface area contributed by atoms with Crippen molar-refractivity contribution in [2.24, 2.45) is 11.1 Å². The molecule has 134 valence electrons. The van der Waals surface area contributed by atoms with E-state index in [1.54, 1.807) is 36.4 Å². The Bertz CT molecular complexity index is 841. The Kier molecular flexibility index (Phi) is 5.21. The normalized spacial score (nSPS) is 25.7. The molecule has 3 rings (SSSR count). The van der Waals surface area contributed by atoms with E-state index in [1.807, 2.05) is 25.1 Å². The van der Waals surface area contributed by atoms with Crippen molar-refractivity contribution >= 4 is 21.4 Å². The van der Waals surface area contributed by atoms with Gasteiger partial charge in [0.2, 0.25) is 0 Å². The van der Waals surface area contributed by atoms with Gasteiger partial charge in [-0.3, -0.25) is 0 Å². The van der Waals surface area contributed by atoms with Crippen LogP contribution in [0, 0.1) is 5.41 Å². The third-order valence-corrected chi connectivity index (χ3v) is 7.52. The van der Waals surface area contributed by atoms with Crippen LogP contribution in [0.4, 0.5) is 0 Å². The molecule has 1 aliphatic carbocycles. The maximum absolute atomic E-state index is 13.3. The Balaban J connectivity index is 2.06. The monoisotopic (exact) mass is 379 g/mol. The molecule has 4 nitrogen and oxygen atoms in total. The quantitative estimate of drug-likeness (QED) is 0.801. The molecule has 1 fully saturated rings. The van der Waals surface area contributed by atoms with Crippen LogP contribution in [0.1, 0.15) is 18.4 Å². The third kappa shape index (κ3) is 3.22. The number of hydrogen-bond acceptors (Lipinski definition) is 4. The van der Waals surface area contributed by atoms with Crippen LogP contribution in [0.25, 0.3) is 0 Å². The molecular formula is C19H22ClNO3S. The van der Waals surface area contributed by atoms with Gasteiger partial charge in [-0.25, -0.2) is 8.42 Å². The SMILES string of the molecule is CCOC[C@@]1(CN)[C@@H](c2cccc(Cl)c2)[C@@H]1S(=O)(=O)c1ccccc1. The van der Waals surface area contributed by atoms with E-state index < -0.39 is 20.5 Å². The number of sulfone groups is 1. The second-order valence-corrected chi connectivity index (χ2v) is 8.89. The first-order chi connectivity index (χ1) is 12.0. The van der Waals surface area contributed by atoms with Crippen LogP contribution in [0.15, 0.2) is 59.5 Å². The predicted molar refractivity (Wildman–Crippen MR) is 99.6 cm³/mol. The fraction of sp³-hybridized carbons (Fsp3) is 0.368. The maximum atomic E-state index is 13.3. The van der Waals surface area contributed by atoms with Gasteiger partial charge >= 0.3 is 0 Å². The lowest BCUT2D eigenvalue weighted by molar-refractivity contribution is 0.101. The van der Waals surface area contributed by atoms with E-state index in [0.29, 0.717) is 23.1 Å². The molecule has 0 aromatic heterocycles. The van der Waals surface area contributed by atoms with Crippen LogP contribution in [-0.2, 0) is 14.6 Å². The second-order valence-electron chi connectivity index (χ2n) is 6.39. The molecule has 1 aliphatic rings. The van der Waals surface area contributed by atoms with Gasteiger partial charge in [-0.1, -0.05) is 41.9 Å². The highest BCUT2D eigenvalue weighted by atomic mass is 35.5. The molecule has 25 heavy (non-hydrogen) atoms. The summed E-state index contributed by atoms with van der Waals surface area (Å²) in [6, 6.07) is 15.9. The molecule has 6 heteroatoms. The summed E-state index contributed by atoms with van der Waals surface area (Å²) in [4.78, 5) is 0.318. The zero-order valence-electron chi connectivity index (χ0n) is 14.1. The van der Waals surface area contributed by atoms with E-state index in [4.69, 9.17) is 22.1 Å². The van der Waals surface area contributed by atoms with Gasteiger partial charge in [0.05, 0.1) is 16.8 Å². The first-order valence-corrected chi connectivity index (χ1v) is 10.2. The van der Waals surface area contributed by atoms with E-state index in [9.17, 15) is 8.42 Å². The minimum atomic E-state index is -3.53. The Morgan fingerprint density at radius 1 is 1.16 bits per heavy atom. The predicted octanol–water partition coefficient (Wildman–Crippen LogP) is 3.26. The van der Waals surface area contributed by atoms with Crippen LogP contribution in [0.2, 0.25) is 5.02 Å². The highest BCUT2D eigenvalue weighted by molar-refractivity contribution is 7.92. The third-order valence-electron chi connectivity index (χ3n) is 4.95. The summed E-state index contributed by atoms with van der Waals surface area (Å²) in [5, 5.41) is -0.0278. The van der Waals surface area contributed by atoms with Gasteiger partial charge in [0.15, 0.2) is 9.84 Å². The first kappa shape index (κ1) is 18.4. The number of hydrogen-bond donors (Lipinski definition) is 1. The highest BCUT2D eigenvalue weighted by Gasteiger charge is 2.70. The highest BCUT2D eigenvalue weighted by Crippen LogP contribution is 2.63. The number of benzene rings is 2. The van der Waals surface area contributed by atoms with Crippen LogP contribution in [0.3, 0.4) is 0 Å². The molecule has 0 bridgehead atoms. The average molecular weight is 380 g/mol. The molecular weight excluding hydrogens is 358 g/mol. The van der Waals surface area contributed by atoms with Gasteiger partial charge in [0, 0.05) is 29.5 Å². The molecule has 2 aromatic rings. The first-order valence-electron chi connectivity index (χ1n) is 8.29. The zero-order chi connectivity index (χ0) is 18.1. The number of halogens is 1. The lowest BCUT2D eigenvalue weighted by Crippen LogP contribution is -2.29. The average Bonchev–Trinajstić information content (AvgIpc) is 3.31. The number of nitrogens with two attached hydrogens (primary N) is 1. The summed E-state index contributed by atoms with van der Waals surface area (Å²) in [5.74, 6) is -0.229. The Hall–Kier alpha value is -1.40. The van der Waals surface area contributed by atoms with Crippen molar-refractivity contribution < 1.29 is 13.2 Å². The molecule has 0 saturated heterocycles. The zero-order valence-corrected chi connectivity index (χ0v) is 15.6. The topological polar surface area (TPSA) is 69.4 Å². The van der Waals surface area contributed by atoms with Crippen molar-refractivity contribution in [3.8, 4) is 0 Å². The fourth-order valence-corrected chi connectivity index (χ4v) is 6.34. The Morgan fingerprint density at radius 3 is 2.48 bits per heavy atom. The molecule has 0 heterocycles. The minimum absolute atomic E-state index is 0.229. The van der Waals surface area contributed by atoms with E-state index in [2.05, 4.69) is 0 Å². The standard InChI is InChI=1S/C19H22ClNO3S/c1-2-24-13-19(12-21)17(14-7-6-8-15(20)11-14)18(19)25(22,23)16-9-4-3-5-10-16/h3-11,17-18H,2,12-13,21H2,1H3/t17-,18-,19-/m0/s1. The molecule has 0 amide bonds. The molecule has 0 unspecified atom stereocenters. The van der Waals surface area contributed by atoms with E-state index in [-0.39, 0.29) is 12.5 Å². The van der Waals surface area contributed by atoms with Crippen LogP contribution >= 0.6 is 11.6 Å². The van der Waals surface area contributed by atoms with Crippen LogP contribution in [-0.4, -0.2) is 33.4 Å². The maximum Gasteiger partial charge on any atom is 0.182 e. The van der Waals surface area contributed by atoms with Gasteiger partial charge in [-0.15, -0.1) is 0 Å². The smallest absolute Gasteiger partial charge is 0.182 e. The van der Waals surface area contributed by atoms with Crippen molar-refractivity contribution in [3.05, 3.63) is 65.2 Å². The Labute approximate surface area is 153 Å². The summed E-state index contributed by atoms with van der Waals surface area (Å²) in [6.07, 6.45) is 0. The Morgan fingerprint density at radius 2 is 1.88 bits per heavy atom. The molecule has 2 N–H and O–H groups in total. The lowest BCUT2D eigenvalue weighted by Gasteiger charge is -2.16. The minimum Gasteiger partial charge on any atom is -0.381 e. The van der Waals surface area contributed by atoms with Gasteiger partial charge in [-0.05, 0) is 36.8 Å². The fourth-order valence-electron chi connectivity index (χ4n) is 3.67. The van der Waals surface area contributed by atoms with Gasteiger partial charge in [0.25, 0.3) is 0 Å². The van der Waals surface area contributed by atoms with Crippen molar-refractivity contribution in [2.45, 2.75) is 23.0 Å². The molecule has 0 spiro atoms. The van der Waals surface area contributed by atoms with Crippen LogP contribution in [0.5, 0.6) is 0 Å². The molecule has 0 radical (unpaired) electrons. The molecule has 2 aromatic carbocycles. The molecule has 1 saturated carbocycles. The van der Waals surface area contributed by atoms with Gasteiger partial charge in [-0.2, -0.15) is 0 Å². The number of rotatable bonds is 7. The van der Waals surface area contributed by atoms with Crippen LogP contribution < -0.4 is 5.73 Å². The summed E-state index contributed by atoms with van der Waals surface area (Å²) in [5.41, 5.74) is 6.32. The van der Waals surface area contributed by atoms with E-state index >= 15 is 0 Å². The largest absolute Gasteiger partial charge is 0.381 e. The summed E-state index contributed by atoms with van der Waals surface area (Å²) in [6.45, 7) is 2.96.